The molecule has 0 aromatic heterocycles. The summed E-state index contributed by atoms with van der Waals surface area (Å²) in [6.07, 6.45) is 0. The molecule has 0 saturated heterocycles. The molecule has 2 nitrogen and oxygen atoms in total. The molecule has 0 amide bonds. The molecule has 20 heavy (non-hydrogen) atoms. The lowest BCUT2D eigenvalue weighted by Crippen LogP contribution is -2.22. The zero-order valence-corrected chi connectivity index (χ0v) is 12.1. The van der Waals surface area contributed by atoms with Crippen LogP contribution in [0.2, 0.25) is 0 Å². The van der Waals surface area contributed by atoms with Crippen molar-refractivity contribution in [3.63, 3.8) is 0 Å². The Labute approximate surface area is 120 Å². The topological polar surface area (TPSA) is 29.3 Å². The zero-order chi connectivity index (χ0) is 14.5. The van der Waals surface area contributed by atoms with Gasteiger partial charge < -0.3 is 10.6 Å². The van der Waals surface area contributed by atoms with E-state index in [1.807, 2.05) is 6.07 Å². The van der Waals surface area contributed by atoms with E-state index in [9.17, 15) is 4.39 Å². The van der Waals surface area contributed by atoms with Crippen molar-refractivity contribution in [3.8, 4) is 0 Å². The minimum atomic E-state index is -0.198. The van der Waals surface area contributed by atoms with Crippen LogP contribution in [0.3, 0.4) is 0 Å². The number of hydrogen-bond acceptors (Lipinski definition) is 2. The van der Waals surface area contributed by atoms with Crippen LogP contribution in [0.5, 0.6) is 0 Å². The molecule has 0 bridgehead atoms. The number of aryl methyl sites for hydroxylation is 1. The van der Waals surface area contributed by atoms with Gasteiger partial charge in [-0.15, -0.1) is 0 Å². The molecule has 2 N–H and O–H groups in total. The number of hydrogen-bond donors (Lipinski definition) is 1. The first-order valence-corrected chi connectivity index (χ1v) is 6.93. The zero-order valence-electron chi connectivity index (χ0n) is 12.1. The molecule has 0 atom stereocenters. The van der Waals surface area contributed by atoms with Gasteiger partial charge in [-0.25, -0.2) is 4.39 Å². The van der Waals surface area contributed by atoms with Crippen LogP contribution in [-0.2, 0) is 13.1 Å². The van der Waals surface area contributed by atoms with E-state index in [0.717, 1.165) is 24.3 Å². The molecule has 2 aromatic carbocycles. The first kappa shape index (κ1) is 14.5. The van der Waals surface area contributed by atoms with Crippen LogP contribution in [0.4, 0.5) is 10.1 Å². The maximum Gasteiger partial charge on any atom is 0.125 e. The maximum absolute atomic E-state index is 13.3. The van der Waals surface area contributed by atoms with E-state index in [-0.39, 0.29) is 5.82 Å². The molecule has 2 aromatic rings. The van der Waals surface area contributed by atoms with Crippen molar-refractivity contribution < 1.29 is 4.39 Å². The second-order valence-corrected chi connectivity index (χ2v) is 4.96. The fourth-order valence-corrected chi connectivity index (χ4v) is 2.33. The van der Waals surface area contributed by atoms with Crippen LogP contribution in [0, 0.1) is 12.7 Å². The van der Waals surface area contributed by atoms with E-state index in [0.29, 0.717) is 6.54 Å². The summed E-state index contributed by atoms with van der Waals surface area (Å²) in [7, 11) is 0. The standard InChI is InChI=1S/C17H21FN2/c1-3-20(17-6-4-5-16(18)10-17)12-15-8-7-14(11-19)9-13(15)2/h4-10H,3,11-12,19H2,1-2H3. The summed E-state index contributed by atoms with van der Waals surface area (Å²) in [6.45, 7) is 6.34. The lowest BCUT2D eigenvalue weighted by atomic mass is 10.0. The number of nitrogens with two attached hydrogens (primary N) is 1. The minimum absolute atomic E-state index is 0.198. The molecule has 0 aliphatic rings. The molecule has 106 valence electrons. The van der Waals surface area contributed by atoms with Crippen molar-refractivity contribution in [1.82, 2.24) is 0 Å². The Balaban J connectivity index is 2.22. The predicted octanol–water partition coefficient (Wildman–Crippen LogP) is 3.62. The highest BCUT2D eigenvalue weighted by Gasteiger charge is 2.08. The lowest BCUT2D eigenvalue weighted by Gasteiger charge is -2.24. The molecule has 0 saturated carbocycles. The molecule has 0 aliphatic heterocycles. The van der Waals surface area contributed by atoms with Crippen LogP contribution in [-0.4, -0.2) is 6.54 Å². The number of rotatable bonds is 5. The first-order chi connectivity index (χ1) is 9.63. The Morgan fingerprint density at radius 3 is 2.55 bits per heavy atom. The molecule has 0 unspecified atom stereocenters. The highest BCUT2D eigenvalue weighted by Crippen LogP contribution is 2.20. The molecule has 0 aliphatic carbocycles. The van der Waals surface area contributed by atoms with Gasteiger partial charge in [-0.3, -0.25) is 0 Å². The molecule has 0 heterocycles. The number of anilines is 1. The molecule has 2 rings (SSSR count). The van der Waals surface area contributed by atoms with Crippen molar-refractivity contribution in [3.05, 3.63) is 65.0 Å². The van der Waals surface area contributed by atoms with Crippen LogP contribution in [0.15, 0.2) is 42.5 Å². The highest BCUT2D eigenvalue weighted by molar-refractivity contribution is 5.47. The van der Waals surface area contributed by atoms with E-state index in [2.05, 4.69) is 36.9 Å². The van der Waals surface area contributed by atoms with Gasteiger partial charge in [0.2, 0.25) is 0 Å². The summed E-state index contributed by atoms with van der Waals surface area (Å²) in [5.74, 6) is -0.198. The Hall–Kier alpha value is -1.87. The van der Waals surface area contributed by atoms with E-state index < -0.39 is 0 Å². The van der Waals surface area contributed by atoms with E-state index in [1.165, 1.54) is 17.2 Å². The largest absolute Gasteiger partial charge is 0.367 e. The Kier molecular flexibility index (Phi) is 4.74. The van der Waals surface area contributed by atoms with Crippen molar-refractivity contribution >= 4 is 5.69 Å². The van der Waals surface area contributed by atoms with E-state index >= 15 is 0 Å². The Bertz CT molecular complexity index is 581. The minimum Gasteiger partial charge on any atom is -0.367 e. The van der Waals surface area contributed by atoms with Gasteiger partial charge in [-0.05, 0) is 48.7 Å². The van der Waals surface area contributed by atoms with Gasteiger partial charge >= 0.3 is 0 Å². The normalized spacial score (nSPS) is 10.6. The summed E-state index contributed by atoms with van der Waals surface area (Å²) in [5.41, 5.74) is 10.2. The monoisotopic (exact) mass is 272 g/mol. The van der Waals surface area contributed by atoms with Crippen molar-refractivity contribution in [2.75, 3.05) is 11.4 Å². The summed E-state index contributed by atoms with van der Waals surface area (Å²) < 4.78 is 13.3. The quantitative estimate of drug-likeness (QED) is 0.900. The second kappa shape index (κ2) is 6.53. The molecular formula is C17H21FN2. The molecule has 3 heteroatoms. The number of benzene rings is 2. The third kappa shape index (κ3) is 3.36. The van der Waals surface area contributed by atoms with Crippen LogP contribution < -0.4 is 10.6 Å². The number of nitrogens with zero attached hydrogens (tertiary/aromatic N) is 1. The van der Waals surface area contributed by atoms with Gasteiger partial charge in [0, 0.05) is 25.3 Å². The third-order valence-electron chi connectivity index (χ3n) is 3.56. The van der Waals surface area contributed by atoms with E-state index in [1.54, 1.807) is 12.1 Å². The first-order valence-electron chi connectivity index (χ1n) is 6.93. The number of halogens is 1. The SMILES string of the molecule is CCN(Cc1ccc(CN)cc1C)c1cccc(F)c1. The fourth-order valence-electron chi connectivity index (χ4n) is 2.33. The lowest BCUT2D eigenvalue weighted by molar-refractivity contribution is 0.626. The smallest absolute Gasteiger partial charge is 0.125 e. The van der Waals surface area contributed by atoms with Crippen LogP contribution in [0.25, 0.3) is 0 Å². The summed E-state index contributed by atoms with van der Waals surface area (Å²) in [5, 5.41) is 0. The van der Waals surface area contributed by atoms with Crippen LogP contribution >= 0.6 is 0 Å². The second-order valence-electron chi connectivity index (χ2n) is 4.96. The van der Waals surface area contributed by atoms with Gasteiger partial charge in [0.15, 0.2) is 0 Å². The van der Waals surface area contributed by atoms with Gasteiger partial charge in [0.05, 0.1) is 0 Å². The fraction of sp³-hybridized carbons (Fsp3) is 0.294. The summed E-state index contributed by atoms with van der Waals surface area (Å²) >= 11 is 0. The summed E-state index contributed by atoms with van der Waals surface area (Å²) in [4.78, 5) is 2.16. The summed E-state index contributed by atoms with van der Waals surface area (Å²) in [6, 6.07) is 13.0. The van der Waals surface area contributed by atoms with Gasteiger partial charge in [0.25, 0.3) is 0 Å². The molecular weight excluding hydrogens is 251 g/mol. The van der Waals surface area contributed by atoms with Gasteiger partial charge in [0.1, 0.15) is 5.82 Å². The maximum atomic E-state index is 13.3. The average Bonchev–Trinajstić information content (AvgIpc) is 2.46. The van der Waals surface area contributed by atoms with Crippen molar-refractivity contribution in [1.29, 1.82) is 0 Å². The van der Waals surface area contributed by atoms with Crippen molar-refractivity contribution in [2.45, 2.75) is 26.9 Å². The highest BCUT2D eigenvalue weighted by atomic mass is 19.1. The predicted molar refractivity (Wildman–Crippen MR) is 82.2 cm³/mol. The van der Waals surface area contributed by atoms with Crippen molar-refractivity contribution in [2.24, 2.45) is 5.73 Å². The average molecular weight is 272 g/mol. The molecule has 0 fully saturated rings. The van der Waals surface area contributed by atoms with Gasteiger partial charge in [-0.1, -0.05) is 24.3 Å². The van der Waals surface area contributed by atoms with Crippen LogP contribution in [0.1, 0.15) is 23.6 Å². The molecule has 0 spiro atoms. The Morgan fingerprint density at radius 1 is 1.15 bits per heavy atom. The van der Waals surface area contributed by atoms with Gasteiger partial charge in [-0.2, -0.15) is 0 Å². The molecule has 0 radical (unpaired) electrons. The Morgan fingerprint density at radius 2 is 1.95 bits per heavy atom. The third-order valence-corrected chi connectivity index (χ3v) is 3.56. The van der Waals surface area contributed by atoms with E-state index in [4.69, 9.17) is 5.73 Å².